The lowest BCUT2D eigenvalue weighted by molar-refractivity contribution is -0.188. The van der Waals surface area contributed by atoms with Crippen LogP contribution >= 0.6 is 15.9 Å². The number of methoxy groups -OCH3 is 1. The molecular weight excluding hydrogens is 428 g/mol. The fourth-order valence-electron chi connectivity index (χ4n) is 4.93. The number of fused-ring (bicyclic) bond motifs is 2. The molecule has 0 radical (unpaired) electrons. The molecule has 2 bridgehead atoms. The van der Waals surface area contributed by atoms with Crippen molar-refractivity contribution in [2.45, 2.75) is 56.5 Å². The molecule has 6 heteroatoms. The monoisotopic (exact) mass is 451 g/mol. The largest absolute Gasteiger partial charge is 0.497 e. The van der Waals surface area contributed by atoms with Gasteiger partial charge in [0.2, 0.25) is 0 Å². The molecule has 2 aliphatic heterocycles. The number of piperidine rings is 1. The van der Waals surface area contributed by atoms with Crippen LogP contribution in [-0.4, -0.2) is 30.8 Å². The smallest absolute Gasteiger partial charge is 0.345 e. The van der Waals surface area contributed by atoms with Crippen molar-refractivity contribution < 1.29 is 18.3 Å². The highest BCUT2D eigenvalue weighted by Gasteiger charge is 2.53. The molecule has 2 aromatic rings. The molecule has 3 atom stereocenters. The van der Waals surface area contributed by atoms with Crippen LogP contribution in [0.2, 0.25) is 0 Å². The molecule has 2 saturated heterocycles. The summed E-state index contributed by atoms with van der Waals surface area (Å²) in [5.74, 6) is 0.832. The van der Waals surface area contributed by atoms with E-state index >= 15 is 0 Å². The molecule has 3 unspecified atom stereocenters. The van der Waals surface area contributed by atoms with Crippen LogP contribution in [0.15, 0.2) is 53.0 Å². The van der Waals surface area contributed by atoms with Crippen molar-refractivity contribution in [2.75, 3.05) is 7.11 Å². The molecule has 0 aliphatic carbocycles. The highest BCUT2D eigenvalue weighted by molar-refractivity contribution is 9.10. The van der Waals surface area contributed by atoms with E-state index in [1.807, 2.05) is 24.3 Å². The van der Waals surface area contributed by atoms with E-state index in [9.17, 15) is 8.78 Å². The Morgan fingerprint density at radius 3 is 2.50 bits per heavy atom. The maximum absolute atomic E-state index is 12.9. The molecule has 4 rings (SSSR count). The van der Waals surface area contributed by atoms with Crippen LogP contribution in [-0.2, 0) is 16.8 Å². The molecule has 0 aromatic heterocycles. The second-order valence-corrected chi connectivity index (χ2v) is 8.58. The van der Waals surface area contributed by atoms with Gasteiger partial charge in [0, 0.05) is 22.6 Å². The molecule has 0 N–H and O–H groups in total. The molecule has 2 heterocycles. The zero-order valence-electron chi connectivity index (χ0n) is 15.8. The van der Waals surface area contributed by atoms with E-state index in [1.165, 1.54) is 11.1 Å². The predicted octanol–water partition coefficient (Wildman–Crippen LogP) is 5.72. The molecule has 0 spiro atoms. The van der Waals surface area contributed by atoms with Gasteiger partial charge in [-0.3, -0.25) is 4.90 Å². The number of ether oxygens (including phenoxy) is 2. The van der Waals surface area contributed by atoms with Crippen molar-refractivity contribution in [3.05, 3.63) is 64.1 Å². The summed E-state index contributed by atoms with van der Waals surface area (Å²) in [4.78, 5) is 2.50. The van der Waals surface area contributed by atoms with Gasteiger partial charge in [-0.15, -0.1) is 0 Å². The zero-order chi connectivity index (χ0) is 19.7. The Balaban J connectivity index is 1.66. The Morgan fingerprint density at radius 1 is 1.14 bits per heavy atom. The van der Waals surface area contributed by atoms with Gasteiger partial charge < -0.3 is 9.47 Å². The summed E-state index contributed by atoms with van der Waals surface area (Å²) in [6.45, 7) is -1.94. The summed E-state index contributed by atoms with van der Waals surface area (Å²) in [7, 11) is 1.66. The van der Waals surface area contributed by atoms with Crippen molar-refractivity contribution in [1.82, 2.24) is 4.90 Å². The zero-order valence-corrected chi connectivity index (χ0v) is 17.4. The molecule has 2 aliphatic rings. The van der Waals surface area contributed by atoms with Gasteiger partial charge in [0.15, 0.2) is 0 Å². The number of benzene rings is 2. The first-order valence-corrected chi connectivity index (χ1v) is 10.4. The normalized spacial score (nSPS) is 27.3. The van der Waals surface area contributed by atoms with E-state index < -0.39 is 12.7 Å². The second-order valence-electron chi connectivity index (χ2n) is 7.67. The van der Waals surface area contributed by atoms with Crippen molar-refractivity contribution in [2.24, 2.45) is 0 Å². The van der Waals surface area contributed by atoms with Crippen molar-refractivity contribution in [3.8, 4) is 5.75 Å². The number of rotatable bonds is 6. The van der Waals surface area contributed by atoms with Crippen LogP contribution in [0.5, 0.6) is 5.75 Å². The Morgan fingerprint density at radius 2 is 1.86 bits per heavy atom. The van der Waals surface area contributed by atoms with E-state index in [4.69, 9.17) is 9.47 Å². The van der Waals surface area contributed by atoms with E-state index in [0.29, 0.717) is 12.8 Å². The van der Waals surface area contributed by atoms with Gasteiger partial charge in [-0.25, -0.2) is 0 Å². The second kappa shape index (κ2) is 8.09. The van der Waals surface area contributed by atoms with Gasteiger partial charge in [-0.05, 0) is 61.1 Å². The van der Waals surface area contributed by atoms with E-state index in [-0.39, 0.29) is 11.6 Å². The van der Waals surface area contributed by atoms with Crippen LogP contribution < -0.4 is 4.74 Å². The molecule has 150 valence electrons. The third kappa shape index (κ3) is 3.82. The van der Waals surface area contributed by atoms with Crippen molar-refractivity contribution >= 4 is 15.9 Å². The van der Waals surface area contributed by atoms with Gasteiger partial charge in [0.1, 0.15) is 5.75 Å². The number of hydrogen-bond donors (Lipinski definition) is 0. The van der Waals surface area contributed by atoms with Gasteiger partial charge in [-0.1, -0.05) is 40.2 Å². The van der Waals surface area contributed by atoms with E-state index in [2.05, 4.69) is 45.1 Å². The lowest BCUT2D eigenvalue weighted by Gasteiger charge is -2.48. The van der Waals surface area contributed by atoms with Gasteiger partial charge >= 0.3 is 6.61 Å². The minimum atomic E-state index is -2.72. The quantitative estimate of drug-likeness (QED) is 0.560. The van der Waals surface area contributed by atoms with Crippen LogP contribution in [0.4, 0.5) is 8.78 Å². The third-order valence-corrected chi connectivity index (χ3v) is 6.70. The van der Waals surface area contributed by atoms with Crippen molar-refractivity contribution in [3.63, 3.8) is 0 Å². The highest BCUT2D eigenvalue weighted by Crippen LogP contribution is 2.52. The predicted molar refractivity (Wildman–Crippen MR) is 107 cm³/mol. The molecular formula is C22H24BrF2NO2. The average molecular weight is 452 g/mol. The number of hydrogen-bond acceptors (Lipinski definition) is 3. The molecule has 2 aromatic carbocycles. The van der Waals surface area contributed by atoms with Gasteiger partial charge in [-0.2, -0.15) is 8.78 Å². The fraction of sp³-hybridized carbons (Fsp3) is 0.455. The summed E-state index contributed by atoms with van der Waals surface area (Å²) >= 11 is 3.50. The highest BCUT2D eigenvalue weighted by atomic mass is 79.9. The molecule has 0 amide bonds. The van der Waals surface area contributed by atoms with E-state index in [0.717, 1.165) is 29.6 Å². The lowest BCUT2D eigenvalue weighted by Crippen LogP contribution is -2.52. The Kier molecular flexibility index (Phi) is 5.72. The van der Waals surface area contributed by atoms with Crippen LogP contribution in [0, 0.1) is 0 Å². The van der Waals surface area contributed by atoms with Crippen molar-refractivity contribution in [1.29, 1.82) is 0 Å². The molecule has 2 fully saturated rings. The number of halogens is 3. The van der Waals surface area contributed by atoms with Gasteiger partial charge in [0.25, 0.3) is 0 Å². The van der Waals surface area contributed by atoms with Crippen LogP contribution in [0.1, 0.15) is 36.8 Å². The summed E-state index contributed by atoms with van der Waals surface area (Å²) in [5, 5.41) is 0. The third-order valence-electron chi connectivity index (χ3n) is 6.17. The Bertz CT molecular complexity index is 799. The maximum Gasteiger partial charge on any atom is 0.345 e. The topological polar surface area (TPSA) is 21.7 Å². The summed E-state index contributed by atoms with van der Waals surface area (Å²) in [6.07, 6.45) is 2.78. The fourth-order valence-corrected chi connectivity index (χ4v) is 5.19. The maximum atomic E-state index is 12.9. The SMILES string of the molecule is COc1ccc(CN2C3CCC2(c2ccc(Br)cc2)CC(OC(F)F)C3)cc1. The summed E-state index contributed by atoms with van der Waals surface area (Å²) in [5.41, 5.74) is 2.10. The summed E-state index contributed by atoms with van der Waals surface area (Å²) in [6, 6.07) is 16.6. The Hall–Kier alpha value is -1.50. The lowest BCUT2D eigenvalue weighted by atomic mass is 9.80. The van der Waals surface area contributed by atoms with Crippen LogP contribution in [0.25, 0.3) is 0 Å². The summed E-state index contributed by atoms with van der Waals surface area (Å²) < 4.78 is 37.1. The minimum Gasteiger partial charge on any atom is -0.497 e. The first-order chi connectivity index (χ1) is 13.5. The number of alkyl halides is 2. The van der Waals surface area contributed by atoms with E-state index in [1.54, 1.807) is 7.11 Å². The number of nitrogens with zero attached hydrogens (tertiary/aromatic N) is 1. The standard InChI is InChI=1S/C22H24BrF2NO2/c1-27-19-8-2-15(3-9-19)14-26-18-10-11-22(26,13-20(12-18)28-21(24)25)16-4-6-17(23)7-5-16/h2-9,18,20-21H,10-14H2,1H3. The van der Waals surface area contributed by atoms with Crippen LogP contribution in [0.3, 0.4) is 0 Å². The Labute approximate surface area is 172 Å². The first-order valence-electron chi connectivity index (χ1n) is 9.59. The molecule has 0 saturated carbocycles. The van der Waals surface area contributed by atoms with Gasteiger partial charge in [0.05, 0.1) is 13.2 Å². The molecule has 3 nitrogen and oxygen atoms in total. The molecule has 28 heavy (non-hydrogen) atoms. The minimum absolute atomic E-state index is 0.239. The average Bonchev–Trinajstić information content (AvgIpc) is 2.89. The first kappa shape index (κ1) is 19.8.